The van der Waals surface area contributed by atoms with Gasteiger partial charge in [-0.2, -0.15) is 0 Å². The maximum atomic E-state index is 13.8. The molecule has 1 N–H and O–H groups in total. The smallest absolute Gasteiger partial charge is 0.221 e. The van der Waals surface area contributed by atoms with E-state index < -0.39 is 0 Å². The molecule has 5 aromatic rings. The van der Waals surface area contributed by atoms with Crippen LogP contribution >= 0.6 is 0 Å². The Bertz CT molecular complexity index is 1700. The highest BCUT2D eigenvalue weighted by Gasteiger charge is 2.25. The van der Waals surface area contributed by atoms with E-state index in [0.29, 0.717) is 24.5 Å². The van der Waals surface area contributed by atoms with Crippen LogP contribution in [0.1, 0.15) is 68.2 Å². The molecule has 0 bridgehead atoms. The Labute approximate surface area is 280 Å². The highest BCUT2D eigenvalue weighted by molar-refractivity contribution is 5.87. The fourth-order valence-corrected chi connectivity index (χ4v) is 6.38. The van der Waals surface area contributed by atoms with Gasteiger partial charge in [-0.1, -0.05) is 98.8 Å². The van der Waals surface area contributed by atoms with Crippen LogP contribution in [0.5, 0.6) is 11.5 Å². The van der Waals surface area contributed by atoms with E-state index >= 15 is 0 Å². The number of carbonyl (C=O) groups is 1. The summed E-state index contributed by atoms with van der Waals surface area (Å²) in [5, 5.41) is 4.46. The summed E-state index contributed by atoms with van der Waals surface area (Å²) in [4.78, 5) is 16.2. The third-order valence-electron chi connectivity index (χ3n) is 9.02. The first-order chi connectivity index (χ1) is 23.0. The zero-order valence-corrected chi connectivity index (χ0v) is 28.3. The van der Waals surface area contributed by atoms with Crippen LogP contribution in [0.2, 0.25) is 0 Å². The molecule has 0 radical (unpaired) electrons. The predicted molar refractivity (Wildman–Crippen MR) is 192 cm³/mol. The first-order valence-electron chi connectivity index (χ1n) is 17.0. The van der Waals surface area contributed by atoms with Gasteiger partial charge in [0.25, 0.3) is 0 Å². The largest absolute Gasteiger partial charge is 0.493 e. The van der Waals surface area contributed by atoms with Crippen LogP contribution in [0.25, 0.3) is 10.9 Å². The number of nitrogens with one attached hydrogen (secondary N) is 1. The Balaban J connectivity index is 1.44. The van der Waals surface area contributed by atoms with Gasteiger partial charge >= 0.3 is 0 Å². The van der Waals surface area contributed by atoms with E-state index in [-0.39, 0.29) is 17.9 Å². The maximum absolute atomic E-state index is 13.8. The van der Waals surface area contributed by atoms with Gasteiger partial charge in [-0.15, -0.1) is 0 Å². The summed E-state index contributed by atoms with van der Waals surface area (Å²) >= 11 is 0. The summed E-state index contributed by atoms with van der Waals surface area (Å²) in [5.41, 5.74) is 5.61. The van der Waals surface area contributed by atoms with Crippen LogP contribution in [0.4, 0.5) is 0 Å². The van der Waals surface area contributed by atoms with E-state index in [9.17, 15) is 4.79 Å². The lowest BCUT2D eigenvalue weighted by Crippen LogP contribution is -2.34. The highest BCUT2D eigenvalue weighted by Crippen LogP contribution is 2.39. The zero-order valence-electron chi connectivity index (χ0n) is 28.3. The summed E-state index contributed by atoms with van der Waals surface area (Å²) in [7, 11) is 1.67. The minimum Gasteiger partial charge on any atom is -0.493 e. The van der Waals surface area contributed by atoms with Crippen molar-refractivity contribution in [3.63, 3.8) is 0 Å². The molecular formula is C41H49N3O3. The van der Waals surface area contributed by atoms with E-state index in [1.165, 1.54) is 5.56 Å². The van der Waals surface area contributed by atoms with Crippen LogP contribution in [0.3, 0.4) is 0 Å². The number of nitrogens with zero attached hydrogens (tertiary/aromatic N) is 2. The maximum Gasteiger partial charge on any atom is 0.221 e. The van der Waals surface area contributed by atoms with Crippen LogP contribution in [-0.4, -0.2) is 48.2 Å². The predicted octanol–water partition coefficient (Wildman–Crippen LogP) is 8.43. The Morgan fingerprint density at radius 1 is 0.851 bits per heavy atom. The summed E-state index contributed by atoms with van der Waals surface area (Å²) in [6, 6.07) is 35.3. The first kappa shape index (κ1) is 33.8. The van der Waals surface area contributed by atoms with E-state index in [4.69, 9.17) is 9.47 Å². The molecule has 0 aliphatic rings. The molecule has 1 aromatic heterocycles. The van der Waals surface area contributed by atoms with Crippen LogP contribution in [-0.2, 0) is 17.9 Å². The number of carbonyl (C=O) groups excluding carboxylic acids is 1. The van der Waals surface area contributed by atoms with Gasteiger partial charge in [0.2, 0.25) is 5.91 Å². The molecule has 1 amide bonds. The number of amides is 1. The van der Waals surface area contributed by atoms with Gasteiger partial charge in [0.05, 0.1) is 7.11 Å². The Morgan fingerprint density at radius 2 is 1.53 bits per heavy atom. The van der Waals surface area contributed by atoms with E-state index in [1.54, 1.807) is 7.11 Å². The summed E-state index contributed by atoms with van der Waals surface area (Å²) in [6.07, 6.45) is 4.56. The average Bonchev–Trinajstić information content (AvgIpc) is 3.46. The van der Waals surface area contributed by atoms with Gasteiger partial charge < -0.3 is 24.3 Å². The number of benzene rings is 4. The minimum absolute atomic E-state index is 0.0496. The Hall–Kier alpha value is -4.55. The lowest BCUT2D eigenvalue weighted by molar-refractivity contribution is -0.121. The molecule has 5 rings (SSSR count). The average molecular weight is 632 g/mol. The summed E-state index contributed by atoms with van der Waals surface area (Å²) in [5.74, 6) is 1.20. The van der Waals surface area contributed by atoms with Crippen molar-refractivity contribution in [2.45, 2.75) is 65.1 Å². The zero-order chi connectivity index (χ0) is 33.0. The fraction of sp³-hybridized carbons (Fsp3) is 0.341. The topological polar surface area (TPSA) is 55.7 Å². The number of rotatable bonds is 17. The minimum atomic E-state index is -0.183. The van der Waals surface area contributed by atoms with Crippen molar-refractivity contribution in [3.8, 4) is 11.5 Å². The highest BCUT2D eigenvalue weighted by atomic mass is 16.5. The van der Waals surface area contributed by atoms with Gasteiger partial charge in [-0.25, -0.2) is 0 Å². The molecule has 0 aliphatic heterocycles. The molecule has 0 saturated carbocycles. The van der Waals surface area contributed by atoms with Crippen molar-refractivity contribution in [1.82, 2.24) is 14.8 Å². The second kappa shape index (κ2) is 16.8. The number of para-hydroxylation sites is 1. The normalized spacial score (nSPS) is 12.6. The molecular weight excluding hydrogens is 582 g/mol. The lowest BCUT2D eigenvalue weighted by atomic mass is 9.87. The van der Waals surface area contributed by atoms with Crippen molar-refractivity contribution in [2.24, 2.45) is 0 Å². The van der Waals surface area contributed by atoms with Crippen LogP contribution in [0.15, 0.2) is 109 Å². The fourth-order valence-electron chi connectivity index (χ4n) is 6.38. The molecule has 0 fully saturated rings. The third kappa shape index (κ3) is 9.05. The molecule has 0 spiro atoms. The summed E-state index contributed by atoms with van der Waals surface area (Å²) < 4.78 is 14.3. The third-order valence-corrected chi connectivity index (χ3v) is 9.02. The van der Waals surface area contributed by atoms with E-state index in [2.05, 4.69) is 96.3 Å². The van der Waals surface area contributed by atoms with Crippen molar-refractivity contribution in [1.29, 1.82) is 0 Å². The number of fused-ring (bicyclic) bond motifs is 1. The Morgan fingerprint density at radius 3 is 2.23 bits per heavy atom. The standard InChI is InChI=1S/C41H49N3O3/c1-5-43(6-2)25-15-16-31(3)42-41(45)27-36(34-23-24-39(40(26-34)46-4)47-30-33-19-11-8-12-20-33)37-29-44(28-32-17-9-7-10-18-32)38-22-14-13-21-35(37)38/h7-14,17-24,26,29,31,36H,5-6,15-16,25,27-28,30H2,1-4H3,(H,42,45)/t31-,36+/m1/s1. The van der Waals surface area contributed by atoms with E-state index in [1.807, 2.05) is 48.5 Å². The number of hydrogen-bond donors (Lipinski definition) is 1. The molecule has 6 heteroatoms. The number of hydrogen-bond acceptors (Lipinski definition) is 4. The molecule has 2 atom stereocenters. The number of methoxy groups -OCH3 is 1. The molecule has 0 aliphatic carbocycles. The van der Waals surface area contributed by atoms with Gasteiger partial charge in [0.1, 0.15) is 6.61 Å². The van der Waals surface area contributed by atoms with Crippen LogP contribution in [0, 0.1) is 0 Å². The van der Waals surface area contributed by atoms with Gasteiger partial charge in [-0.05, 0) is 79.9 Å². The van der Waals surface area contributed by atoms with Crippen molar-refractivity contribution in [3.05, 3.63) is 132 Å². The van der Waals surface area contributed by atoms with Crippen molar-refractivity contribution >= 4 is 16.8 Å². The second-order valence-electron chi connectivity index (χ2n) is 12.3. The Kier molecular flexibility index (Phi) is 12.1. The van der Waals surface area contributed by atoms with Crippen molar-refractivity contribution < 1.29 is 14.3 Å². The molecule has 0 saturated heterocycles. The monoisotopic (exact) mass is 631 g/mol. The summed E-state index contributed by atoms with van der Waals surface area (Å²) in [6.45, 7) is 10.9. The molecule has 6 nitrogen and oxygen atoms in total. The van der Waals surface area contributed by atoms with Crippen molar-refractivity contribution in [2.75, 3.05) is 26.7 Å². The number of aromatic nitrogens is 1. The quantitative estimate of drug-likeness (QED) is 0.112. The van der Waals surface area contributed by atoms with Gasteiger partial charge in [0.15, 0.2) is 11.5 Å². The van der Waals surface area contributed by atoms with E-state index in [0.717, 1.165) is 66.6 Å². The molecule has 47 heavy (non-hydrogen) atoms. The number of ether oxygens (including phenoxy) is 2. The van der Waals surface area contributed by atoms with Crippen LogP contribution < -0.4 is 14.8 Å². The van der Waals surface area contributed by atoms with Gasteiger partial charge in [0, 0.05) is 42.0 Å². The molecule has 4 aromatic carbocycles. The molecule has 0 unspecified atom stereocenters. The molecule has 246 valence electrons. The second-order valence-corrected chi connectivity index (χ2v) is 12.3. The lowest BCUT2D eigenvalue weighted by Gasteiger charge is -2.22. The first-order valence-corrected chi connectivity index (χ1v) is 17.0. The van der Waals surface area contributed by atoms with Gasteiger partial charge in [-0.3, -0.25) is 4.79 Å². The molecule has 1 heterocycles. The SMILES string of the molecule is CCN(CC)CCC[C@@H](C)NC(=O)C[C@@H](c1ccc(OCc2ccccc2)c(OC)c1)c1cn(Cc2ccccc2)c2ccccc12.